The first-order valence-corrected chi connectivity index (χ1v) is 12.3. The molecule has 9 nitrogen and oxygen atoms in total. The van der Waals surface area contributed by atoms with Gasteiger partial charge in [0, 0.05) is 30.3 Å². The van der Waals surface area contributed by atoms with Crippen LogP contribution in [0.15, 0.2) is 60.7 Å². The molecule has 2 N–H and O–H groups in total. The van der Waals surface area contributed by atoms with Gasteiger partial charge in [-0.1, -0.05) is 18.2 Å². The summed E-state index contributed by atoms with van der Waals surface area (Å²) in [7, 11) is 1.60. The summed E-state index contributed by atoms with van der Waals surface area (Å²) in [6.45, 7) is 6.93. The molecule has 0 aliphatic carbocycles. The zero-order chi connectivity index (χ0) is 26.4. The number of amides is 2. The summed E-state index contributed by atoms with van der Waals surface area (Å²) in [6, 6.07) is 18.3. The lowest BCUT2D eigenvalue weighted by molar-refractivity contribution is 0.0635. The highest BCUT2D eigenvalue weighted by Gasteiger charge is 2.23. The van der Waals surface area contributed by atoms with Crippen LogP contribution in [0.2, 0.25) is 0 Å². The van der Waals surface area contributed by atoms with Gasteiger partial charge in [0.2, 0.25) is 0 Å². The Morgan fingerprint density at radius 3 is 2.43 bits per heavy atom. The molecule has 0 saturated carbocycles. The van der Waals surface area contributed by atoms with Gasteiger partial charge in [-0.2, -0.15) is 0 Å². The quantitative estimate of drug-likeness (QED) is 0.493. The number of nitrogens with one attached hydrogen (secondary N) is 2. The molecule has 1 fully saturated rings. The lowest BCUT2D eigenvalue weighted by Gasteiger charge is -2.33. The van der Waals surface area contributed by atoms with Gasteiger partial charge >= 0.3 is 6.09 Å². The average Bonchev–Trinajstić information content (AvgIpc) is 2.88. The van der Waals surface area contributed by atoms with Gasteiger partial charge in [-0.15, -0.1) is 10.2 Å². The van der Waals surface area contributed by atoms with Gasteiger partial charge in [0.25, 0.3) is 5.91 Å². The third-order valence-corrected chi connectivity index (χ3v) is 5.92. The highest BCUT2D eigenvalue weighted by molar-refractivity contribution is 5.94. The summed E-state index contributed by atoms with van der Waals surface area (Å²) in [6.07, 6.45) is 1.30. The maximum Gasteiger partial charge on any atom is 0.412 e. The summed E-state index contributed by atoms with van der Waals surface area (Å²) in [5.74, 6) is 1.35. The van der Waals surface area contributed by atoms with Crippen molar-refractivity contribution in [2.45, 2.75) is 45.3 Å². The van der Waals surface area contributed by atoms with Crippen LogP contribution in [-0.2, 0) is 4.74 Å². The molecule has 37 heavy (non-hydrogen) atoms. The van der Waals surface area contributed by atoms with Gasteiger partial charge in [0.15, 0.2) is 5.82 Å². The standard InChI is InChI=1S/C28H33N5O4/c1-28(2,3)37-27(35)30-23-10-6-5-9-22(23)24-15-16-25(32-31-24)33-17-7-8-20(18-33)29-26(34)19-11-13-21(36-4)14-12-19/h5-6,9-16,20H,7-8,17-18H2,1-4H3,(H,29,34)(H,30,35). The van der Waals surface area contributed by atoms with Gasteiger partial charge in [0.1, 0.15) is 11.4 Å². The predicted octanol–water partition coefficient (Wildman–Crippen LogP) is 4.90. The number of anilines is 2. The van der Waals surface area contributed by atoms with Crippen LogP contribution in [0.25, 0.3) is 11.3 Å². The molecule has 1 saturated heterocycles. The minimum atomic E-state index is -0.596. The lowest BCUT2D eigenvalue weighted by Crippen LogP contribution is -2.48. The van der Waals surface area contributed by atoms with E-state index in [1.54, 1.807) is 37.4 Å². The molecule has 4 rings (SSSR count). The van der Waals surface area contributed by atoms with Crippen LogP contribution in [0, 0.1) is 0 Å². The smallest absolute Gasteiger partial charge is 0.412 e. The Morgan fingerprint density at radius 1 is 1.00 bits per heavy atom. The number of piperidine rings is 1. The predicted molar refractivity (Wildman–Crippen MR) is 143 cm³/mol. The van der Waals surface area contributed by atoms with Crippen LogP contribution in [0.3, 0.4) is 0 Å². The Kier molecular flexibility index (Phi) is 7.91. The number of hydrogen-bond acceptors (Lipinski definition) is 7. The summed E-state index contributed by atoms with van der Waals surface area (Å²) in [5, 5.41) is 14.8. The molecule has 1 atom stereocenters. The fraction of sp³-hybridized carbons (Fsp3) is 0.357. The molecule has 1 aliphatic rings. The molecule has 1 aliphatic heterocycles. The van der Waals surface area contributed by atoms with E-state index in [0.29, 0.717) is 29.2 Å². The van der Waals surface area contributed by atoms with Crippen LogP contribution in [-0.4, -0.2) is 54.0 Å². The van der Waals surface area contributed by atoms with Crippen LogP contribution in [0.1, 0.15) is 44.0 Å². The van der Waals surface area contributed by atoms with E-state index in [2.05, 4.69) is 25.7 Å². The lowest BCUT2D eigenvalue weighted by atomic mass is 10.0. The summed E-state index contributed by atoms with van der Waals surface area (Å²) in [4.78, 5) is 27.1. The van der Waals surface area contributed by atoms with Crippen molar-refractivity contribution in [2.24, 2.45) is 0 Å². The van der Waals surface area contributed by atoms with E-state index < -0.39 is 11.7 Å². The van der Waals surface area contributed by atoms with Crippen molar-refractivity contribution in [1.82, 2.24) is 15.5 Å². The molecular formula is C28H33N5O4. The number of carbonyl (C=O) groups excluding carboxylic acids is 2. The normalized spacial score (nSPS) is 15.6. The van der Waals surface area contributed by atoms with Gasteiger partial charge in [-0.3, -0.25) is 10.1 Å². The monoisotopic (exact) mass is 503 g/mol. The van der Waals surface area contributed by atoms with Crippen molar-refractivity contribution in [3.8, 4) is 17.0 Å². The zero-order valence-corrected chi connectivity index (χ0v) is 21.7. The molecule has 194 valence electrons. The van der Waals surface area contributed by atoms with E-state index in [1.165, 1.54) is 0 Å². The molecule has 2 heterocycles. The molecule has 2 aromatic carbocycles. The van der Waals surface area contributed by atoms with Crippen molar-refractivity contribution >= 4 is 23.5 Å². The van der Waals surface area contributed by atoms with Crippen LogP contribution in [0.4, 0.5) is 16.3 Å². The number of hydrogen-bond donors (Lipinski definition) is 2. The van der Waals surface area contributed by atoms with E-state index in [-0.39, 0.29) is 11.9 Å². The Bertz CT molecular complexity index is 1220. The summed E-state index contributed by atoms with van der Waals surface area (Å²) >= 11 is 0. The Labute approximate surface area is 217 Å². The van der Waals surface area contributed by atoms with E-state index >= 15 is 0 Å². The van der Waals surface area contributed by atoms with Gasteiger partial charge < -0.3 is 19.7 Å². The van der Waals surface area contributed by atoms with Gasteiger partial charge in [-0.25, -0.2) is 4.79 Å². The van der Waals surface area contributed by atoms with Crippen LogP contribution in [0.5, 0.6) is 5.75 Å². The number of para-hydroxylation sites is 1. The summed E-state index contributed by atoms with van der Waals surface area (Å²) in [5.41, 5.74) is 1.98. The Balaban J connectivity index is 1.41. The number of ether oxygens (including phenoxy) is 2. The number of rotatable bonds is 6. The third kappa shape index (κ3) is 6.97. The number of methoxy groups -OCH3 is 1. The highest BCUT2D eigenvalue weighted by atomic mass is 16.6. The first kappa shape index (κ1) is 25.9. The van der Waals surface area contributed by atoms with Gasteiger partial charge in [0.05, 0.1) is 18.5 Å². The third-order valence-electron chi connectivity index (χ3n) is 5.92. The van der Waals surface area contributed by atoms with E-state index in [9.17, 15) is 9.59 Å². The largest absolute Gasteiger partial charge is 0.497 e. The maximum atomic E-state index is 12.7. The molecule has 0 bridgehead atoms. The summed E-state index contributed by atoms with van der Waals surface area (Å²) < 4.78 is 10.5. The second kappa shape index (κ2) is 11.3. The Hall–Kier alpha value is -4.14. The molecule has 2 amide bonds. The number of nitrogens with zero attached hydrogens (tertiary/aromatic N) is 3. The molecule has 1 unspecified atom stereocenters. The fourth-order valence-corrected chi connectivity index (χ4v) is 4.18. The minimum absolute atomic E-state index is 0.00332. The number of aromatic nitrogens is 2. The fourth-order valence-electron chi connectivity index (χ4n) is 4.18. The Morgan fingerprint density at radius 2 is 1.76 bits per heavy atom. The molecule has 9 heteroatoms. The first-order valence-electron chi connectivity index (χ1n) is 12.3. The average molecular weight is 504 g/mol. The van der Waals surface area contributed by atoms with Gasteiger partial charge in [-0.05, 0) is 76.1 Å². The topological polar surface area (TPSA) is 106 Å². The van der Waals surface area contributed by atoms with Crippen LogP contribution >= 0.6 is 0 Å². The molecule has 1 aromatic heterocycles. The second-order valence-electron chi connectivity index (χ2n) is 9.94. The molecular weight excluding hydrogens is 470 g/mol. The van der Waals surface area contributed by atoms with Crippen molar-refractivity contribution in [3.63, 3.8) is 0 Å². The molecule has 0 spiro atoms. The van der Waals surface area contributed by atoms with Crippen molar-refractivity contribution < 1.29 is 19.1 Å². The van der Waals surface area contributed by atoms with Crippen molar-refractivity contribution in [2.75, 3.05) is 30.4 Å². The maximum absolute atomic E-state index is 12.7. The van der Waals surface area contributed by atoms with Crippen molar-refractivity contribution in [3.05, 3.63) is 66.2 Å². The minimum Gasteiger partial charge on any atom is -0.497 e. The number of carbonyl (C=O) groups is 2. The molecule has 3 aromatic rings. The zero-order valence-electron chi connectivity index (χ0n) is 21.7. The second-order valence-corrected chi connectivity index (χ2v) is 9.94. The number of benzene rings is 2. The first-order chi connectivity index (χ1) is 17.7. The van der Waals surface area contributed by atoms with E-state index in [0.717, 1.165) is 30.8 Å². The van der Waals surface area contributed by atoms with E-state index in [4.69, 9.17) is 9.47 Å². The molecule has 0 radical (unpaired) electrons. The SMILES string of the molecule is COc1ccc(C(=O)NC2CCCN(c3ccc(-c4ccccc4NC(=O)OC(C)(C)C)nn3)C2)cc1. The van der Waals surface area contributed by atoms with E-state index in [1.807, 2.05) is 51.1 Å². The van der Waals surface area contributed by atoms with Crippen LogP contribution < -0.4 is 20.3 Å². The highest BCUT2D eigenvalue weighted by Crippen LogP contribution is 2.28. The van der Waals surface area contributed by atoms with Crippen molar-refractivity contribution in [1.29, 1.82) is 0 Å².